The second-order valence-corrected chi connectivity index (χ2v) is 3.51. The smallest absolute Gasteiger partial charge is 0.129 e. The van der Waals surface area contributed by atoms with Crippen molar-refractivity contribution in [3.05, 3.63) is 47.5 Å². The van der Waals surface area contributed by atoms with Crippen molar-refractivity contribution in [3.63, 3.8) is 0 Å². The topological polar surface area (TPSA) is 38.0 Å². The van der Waals surface area contributed by atoms with E-state index in [2.05, 4.69) is 12.0 Å². The van der Waals surface area contributed by atoms with Crippen LogP contribution in [0.2, 0.25) is 0 Å². The summed E-state index contributed by atoms with van der Waals surface area (Å²) in [6, 6.07) is 3.30. The van der Waals surface area contributed by atoms with E-state index in [1.165, 1.54) is 12.1 Å². The molecule has 0 aliphatic rings. The van der Waals surface area contributed by atoms with Crippen LogP contribution in [0.4, 0.5) is 8.78 Å². The Morgan fingerprint density at radius 2 is 2.20 bits per heavy atom. The molecule has 0 amide bonds. The minimum Gasteiger partial charge on any atom is -0.271 e. The van der Waals surface area contributed by atoms with Gasteiger partial charge in [-0.3, -0.25) is 11.3 Å². The monoisotopic (exact) mass is 212 g/mol. The van der Waals surface area contributed by atoms with Gasteiger partial charge in [0.2, 0.25) is 0 Å². The second kappa shape index (κ2) is 5.00. The molecule has 0 fully saturated rings. The van der Waals surface area contributed by atoms with Crippen molar-refractivity contribution >= 4 is 0 Å². The molecular weight excluding hydrogens is 198 g/mol. The average molecular weight is 212 g/mol. The van der Waals surface area contributed by atoms with Gasteiger partial charge in [0.1, 0.15) is 11.6 Å². The molecule has 0 radical (unpaired) electrons. The van der Waals surface area contributed by atoms with Crippen molar-refractivity contribution in [1.82, 2.24) is 5.43 Å². The second-order valence-electron chi connectivity index (χ2n) is 3.51. The summed E-state index contributed by atoms with van der Waals surface area (Å²) in [6.45, 7) is 5.53. The molecule has 4 heteroatoms. The number of benzene rings is 1. The lowest BCUT2D eigenvalue weighted by molar-refractivity contribution is 0.543. The molecule has 1 aromatic carbocycles. The summed E-state index contributed by atoms with van der Waals surface area (Å²) in [5.41, 5.74) is 3.76. The largest absolute Gasteiger partial charge is 0.271 e. The van der Waals surface area contributed by atoms with Crippen molar-refractivity contribution < 1.29 is 8.78 Å². The van der Waals surface area contributed by atoms with Crippen LogP contribution >= 0.6 is 0 Å². The third kappa shape index (κ3) is 3.11. The maximum absolute atomic E-state index is 13.3. The molecule has 0 aromatic heterocycles. The fraction of sp³-hybridized carbons (Fsp3) is 0.273. The van der Waals surface area contributed by atoms with E-state index in [1.54, 1.807) is 6.92 Å². The van der Waals surface area contributed by atoms with Crippen LogP contribution < -0.4 is 11.3 Å². The summed E-state index contributed by atoms with van der Waals surface area (Å²) in [7, 11) is 0. The number of hydrogen-bond acceptors (Lipinski definition) is 2. The number of rotatable bonds is 4. The lowest BCUT2D eigenvalue weighted by atomic mass is 10.0. The molecule has 0 aliphatic heterocycles. The highest BCUT2D eigenvalue weighted by atomic mass is 19.1. The molecule has 3 N–H and O–H groups in total. The summed E-state index contributed by atoms with van der Waals surface area (Å²) in [6.07, 6.45) is 0.359. The van der Waals surface area contributed by atoms with E-state index < -0.39 is 11.6 Å². The molecule has 1 unspecified atom stereocenters. The highest BCUT2D eigenvalue weighted by Gasteiger charge is 2.11. The van der Waals surface area contributed by atoms with Crippen LogP contribution in [0.5, 0.6) is 0 Å². The molecular formula is C11H14F2N2. The normalized spacial score (nSPS) is 12.5. The van der Waals surface area contributed by atoms with Crippen LogP contribution in [0.1, 0.15) is 12.5 Å². The predicted octanol–water partition coefficient (Wildman–Crippen LogP) is 1.92. The first kappa shape index (κ1) is 11.8. The van der Waals surface area contributed by atoms with Gasteiger partial charge >= 0.3 is 0 Å². The van der Waals surface area contributed by atoms with Gasteiger partial charge in [-0.25, -0.2) is 8.78 Å². The summed E-state index contributed by atoms with van der Waals surface area (Å²) >= 11 is 0. The van der Waals surface area contributed by atoms with E-state index in [1.807, 2.05) is 0 Å². The standard InChI is InChI=1S/C11H14F2N2/c1-7(2)11(15-14)5-8-3-4-9(12)6-10(8)13/h3-4,6,11,15H,1,5,14H2,2H3. The highest BCUT2D eigenvalue weighted by molar-refractivity contribution is 5.21. The first-order valence-corrected chi connectivity index (χ1v) is 4.60. The van der Waals surface area contributed by atoms with E-state index in [4.69, 9.17) is 5.84 Å². The maximum atomic E-state index is 13.3. The van der Waals surface area contributed by atoms with Crippen LogP contribution in [-0.2, 0) is 6.42 Å². The van der Waals surface area contributed by atoms with E-state index >= 15 is 0 Å². The average Bonchev–Trinajstić information content (AvgIpc) is 2.16. The fourth-order valence-corrected chi connectivity index (χ4v) is 1.28. The van der Waals surface area contributed by atoms with Crippen LogP contribution in [0, 0.1) is 11.6 Å². The molecule has 0 heterocycles. The molecule has 1 aromatic rings. The third-order valence-corrected chi connectivity index (χ3v) is 2.24. The van der Waals surface area contributed by atoms with Crippen LogP contribution in [0.25, 0.3) is 0 Å². The van der Waals surface area contributed by atoms with Gasteiger partial charge in [0.05, 0.1) is 0 Å². The first-order valence-electron chi connectivity index (χ1n) is 4.60. The van der Waals surface area contributed by atoms with Crippen LogP contribution in [0.15, 0.2) is 30.4 Å². The van der Waals surface area contributed by atoms with Gasteiger partial charge < -0.3 is 0 Å². The molecule has 0 bridgehead atoms. The number of hydrazine groups is 1. The summed E-state index contributed by atoms with van der Waals surface area (Å²) in [4.78, 5) is 0. The van der Waals surface area contributed by atoms with Crippen molar-refractivity contribution in [3.8, 4) is 0 Å². The Bertz CT molecular complexity index is 364. The van der Waals surface area contributed by atoms with Crippen LogP contribution in [-0.4, -0.2) is 6.04 Å². The molecule has 0 spiro atoms. The number of halogens is 2. The molecule has 15 heavy (non-hydrogen) atoms. The van der Waals surface area contributed by atoms with Gasteiger partial charge in [0.25, 0.3) is 0 Å². The van der Waals surface area contributed by atoms with E-state index in [-0.39, 0.29) is 6.04 Å². The fourth-order valence-electron chi connectivity index (χ4n) is 1.28. The molecule has 0 saturated heterocycles. The highest BCUT2D eigenvalue weighted by Crippen LogP contribution is 2.13. The van der Waals surface area contributed by atoms with Gasteiger partial charge in [-0.2, -0.15) is 0 Å². The first-order chi connectivity index (χ1) is 7.04. The molecule has 1 rings (SSSR count). The van der Waals surface area contributed by atoms with Gasteiger partial charge in [-0.15, -0.1) is 0 Å². The Balaban J connectivity index is 2.84. The zero-order chi connectivity index (χ0) is 11.4. The molecule has 1 atom stereocenters. The van der Waals surface area contributed by atoms with Gasteiger partial charge in [0.15, 0.2) is 0 Å². The lowest BCUT2D eigenvalue weighted by Gasteiger charge is -2.16. The maximum Gasteiger partial charge on any atom is 0.129 e. The summed E-state index contributed by atoms with van der Waals surface area (Å²) < 4.78 is 25.9. The quantitative estimate of drug-likeness (QED) is 0.454. The van der Waals surface area contributed by atoms with Gasteiger partial charge in [-0.05, 0) is 25.0 Å². The zero-order valence-corrected chi connectivity index (χ0v) is 8.56. The Morgan fingerprint density at radius 3 is 2.67 bits per heavy atom. The Kier molecular flexibility index (Phi) is 3.94. The van der Waals surface area contributed by atoms with Crippen LogP contribution in [0.3, 0.4) is 0 Å². The van der Waals surface area contributed by atoms with Gasteiger partial charge in [-0.1, -0.05) is 18.2 Å². The van der Waals surface area contributed by atoms with Crippen molar-refractivity contribution in [2.24, 2.45) is 5.84 Å². The SMILES string of the molecule is C=C(C)C(Cc1ccc(F)cc1F)NN. The summed E-state index contributed by atoms with van der Waals surface area (Å²) in [5, 5.41) is 0. The van der Waals surface area contributed by atoms with E-state index in [0.717, 1.165) is 11.6 Å². The zero-order valence-electron chi connectivity index (χ0n) is 8.56. The third-order valence-electron chi connectivity index (χ3n) is 2.24. The Labute approximate surface area is 87.8 Å². The van der Waals surface area contributed by atoms with Crippen molar-refractivity contribution in [2.75, 3.05) is 0 Å². The Hall–Kier alpha value is -1.26. The van der Waals surface area contributed by atoms with Crippen molar-refractivity contribution in [1.29, 1.82) is 0 Å². The van der Waals surface area contributed by atoms with Gasteiger partial charge in [0, 0.05) is 12.1 Å². The molecule has 0 saturated carbocycles. The lowest BCUT2D eigenvalue weighted by Crippen LogP contribution is -2.37. The number of hydrogen-bond donors (Lipinski definition) is 2. The van der Waals surface area contributed by atoms with E-state index in [0.29, 0.717) is 12.0 Å². The van der Waals surface area contributed by atoms with Crippen molar-refractivity contribution in [2.45, 2.75) is 19.4 Å². The minimum atomic E-state index is -0.580. The molecule has 0 aliphatic carbocycles. The predicted molar refractivity (Wildman–Crippen MR) is 56.0 cm³/mol. The molecule has 82 valence electrons. The Morgan fingerprint density at radius 1 is 1.53 bits per heavy atom. The van der Waals surface area contributed by atoms with E-state index in [9.17, 15) is 8.78 Å². The molecule has 2 nitrogen and oxygen atoms in total. The number of nitrogens with two attached hydrogens (primary N) is 1. The minimum absolute atomic E-state index is 0.204. The number of nitrogens with one attached hydrogen (secondary N) is 1. The summed E-state index contributed by atoms with van der Waals surface area (Å²) in [5.74, 6) is 4.16.